The van der Waals surface area contributed by atoms with Crippen molar-refractivity contribution in [3.05, 3.63) is 58.9 Å². The van der Waals surface area contributed by atoms with E-state index in [1.165, 1.54) is 0 Å². The molecule has 1 aliphatic rings. The molecule has 0 saturated heterocycles. The molecule has 0 atom stereocenters. The number of carbonyl (C=O) groups excluding carboxylic acids is 1. The van der Waals surface area contributed by atoms with E-state index in [0.29, 0.717) is 17.5 Å². The Labute approximate surface area is 159 Å². The van der Waals surface area contributed by atoms with Crippen LogP contribution in [0.5, 0.6) is 0 Å². The molecule has 1 heterocycles. The van der Waals surface area contributed by atoms with Gasteiger partial charge in [0.15, 0.2) is 0 Å². The first-order valence-corrected chi connectivity index (χ1v) is 9.16. The van der Waals surface area contributed by atoms with E-state index in [1.807, 2.05) is 50.2 Å². The average molecular weight is 366 g/mol. The van der Waals surface area contributed by atoms with Gasteiger partial charge in [0.25, 0.3) is 5.91 Å². The van der Waals surface area contributed by atoms with Crippen LogP contribution in [-0.4, -0.2) is 35.2 Å². The minimum absolute atomic E-state index is 0.180. The lowest BCUT2D eigenvalue weighted by molar-refractivity contribution is 0.0948. The van der Waals surface area contributed by atoms with Gasteiger partial charge in [-0.05, 0) is 38.3 Å². The molecule has 2 aromatic rings. The average Bonchev–Trinajstić information content (AvgIpc) is 3.44. The van der Waals surface area contributed by atoms with Crippen molar-refractivity contribution >= 4 is 17.5 Å². The third kappa shape index (κ3) is 4.64. The van der Waals surface area contributed by atoms with E-state index in [2.05, 4.69) is 15.4 Å². The van der Waals surface area contributed by atoms with Crippen molar-refractivity contribution in [1.82, 2.24) is 15.1 Å². The highest BCUT2D eigenvalue weighted by Gasteiger charge is 2.28. The number of methoxy groups -OCH3 is 1. The number of nitrogens with zero attached hydrogens (tertiary/aromatic N) is 3. The first kappa shape index (κ1) is 18.9. The van der Waals surface area contributed by atoms with Crippen molar-refractivity contribution in [1.29, 1.82) is 0 Å². The molecule has 27 heavy (non-hydrogen) atoms. The molecule has 0 unspecified atom stereocenters. The molecule has 1 saturated carbocycles. The van der Waals surface area contributed by atoms with Crippen LogP contribution >= 0.6 is 0 Å². The van der Waals surface area contributed by atoms with Gasteiger partial charge in [0.05, 0.1) is 25.0 Å². The molecule has 1 aromatic heterocycles. The quantitative estimate of drug-likeness (QED) is 0.628. The molecular formula is C21H26N4O2. The fourth-order valence-electron chi connectivity index (χ4n) is 2.87. The third-order valence-electron chi connectivity index (χ3n) is 4.52. The van der Waals surface area contributed by atoms with E-state index in [9.17, 15) is 4.79 Å². The van der Waals surface area contributed by atoms with Gasteiger partial charge in [-0.2, -0.15) is 5.10 Å². The molecule has 1 N–H and O–H groups in total. The zero-order valence-corrected chi connectivity index (χ0v) is 16.3. The second-order valence-corrected chi connectivity index (χ2v) is 6.96. The van der Waals surface area contributed by atoms with Crippen LogP contribution in [0.25, 0.3) is 5.70 Å². The zero-order chi connectivity index (χ0) is 19.4. The molecule has 0 aliphatic heterocycles. The summed E-state index contributed by atoms with van der Waals surface area (Å²) in [7, 11) is 3.36. The van der Waals surface area contributed by atoms with E-state index in [0.717, 1.165) is 35.4 Å². The zero-order valence-electron chi connectivity index (χ0n) is 16.3. The highest BCUT2D eigenvalue weighted by atomic mass is 16.5. The number of aryl methyl sites for hydroxylation is 1. The van der Waals surface area contributed by atoms with Crippen molar-refractivity contribution in [2.24, 2.45) is 12.0 Å². The fraction of sp³-hybridized carbons (Fsp3) is 0.381. The highest BCUT2D eigenvalue weighted by Crippen LogP contribution is 2.39. The number of hydrogen-bond acceptors (Lipinski definition) is 4. The number of aliphatic imine (C=N–C) groups is 1. The fourth-order valence-corrected chi connectivity index (χ4v) is 2.87. The van der Waals surface area contributed by atoms with Crippen LogP contribution in [0.3, 0.4) is 0 Å². The second-order valence-electron chi connectivity index (χ2n) is 6.96. The summed E-state index contributed by atoms with van der Waals surface area (Å²) in [5, 5.41) is 7.32. The maximum absolute atomic E-state index is 12.5. The van der Waals surface area contributed by atoms with Crippen molar-refractivity contribution in [2.75, 3.05) is 13.7 Å². The summed E-state index contributed by atoms with van der Waals surface area (Å²) in [5.41, 5.74) is 4.48. The predicted molar refractivity (Wildman–Crippen MR) is 107 cm³/mol. The van der Waals surface area contributed by atoms with Gasteiger partial charge >= 0.3 is 0 Å². The van der Waals surface area contributed by atoms with E-state index in [1.54, 1.807) is 18.8 Å². The molecule has 6 nitrogen and oxygen atoms in total. The Balaban J connectivity index is 1.72. The van der Waals surface area contributed by atoms with Gasteiger partial charge < -0.3 is 10.1 Å². The van der Waals surface area contributed by atoms with Crippen LogP contribution in [0.15, 0.2) is 47.0 Å². The van der Waals surface area contributed by atoms with Gasteiger partial charge in [0, 0.05) is 18.5 Å². The lowest BCUT2D eigenvalue weighted by atomic mass is 10.1. The van der Waals surface area contributed by atoms with Crippen LogP contribution in [-0.2, 0) is 11.8 Å². The van der Waals surface area contributed by atoms with Crippen LogP contribution in [0.2, 0.25) is 0 Å². The van der Waals surface area contributed by atoms with Crippen molar-refractivity contribution in [3.8, 4) is 0 Å². The van der Waals surface area contributed by atoms with Gasteiger partial charge in [-0.25, -0.2) is 4.99 Å². The minimum Gasteiger partial charge on any atom is -0.483 e. The number of allylic oxidation sites excluding steroid dienone is 1. The normalized spacial score (nSPS) is 14.0. The number of carbonyl (C=O) groups is 1. The molecule has 0 spiro atoms. The molecule has 142 valence electrons. The molecule has 0 bridgehead atoms. The number of nitrogens with one attached hydrogen (secondary N) is 1. The Morgan fingerprint density at radius 3 is 2.59 bits per heavy atom. The Bertz CT molecular complexity index is 873. The lowest BCUT2D eigenvalue weighted by Crippen LogP contribution is -2.31. The van der Waals surface area contributed by atoms with Gasteiger partial charge in [0.2, 0.25) is 5.90 Å². The Hall–Kier alpha value is -2.89. The van der Waals surface area contributed by atoms with Crippen LogP contribution < -0.4 is 5.32 Å². The summed E-state index contributed by atoms with van der Waals surface area (Å²) in [6.45, 7) is 4.22. The summed E-state index contributed by atoms with van der Waals surface area (Å²) >= 11 is 0. The van der Waals surface area contributed by atoms with Crippen LogP contribution in [0, 0.1) is 0 Å². The standard InChI is InChI=1S/C21H26N4O2/c1-14(2)20(16-8-6-5-7-9-16)23-19(27-4)13-22-21(26)18-12-17(15-10-11-15)24-25(18)3/h5-9,12,15H,10-11,13H2,1-4H3,(H,22,26). The predicted octanol–water partition coefficient (Wildman–Crippen LogP) is 3.52. The second kappa shape index (κ2) is 8.20. The van der Waals surface area contributed by atoms with E-state index >= 15 is 0 Å². The number of benzene rings is 1. The molecule has 1 amide bonds. The summed E-state index contributed by atoms with van der Waals surface area (Å²) < 4.78 is 7.04. The van der Waals surface area contributed by atoms with Crippen LogP contribution in [0.4, 0.5) is 0 Å². The van der Waals surface area contributed by atoms with E-state index < -0.39 is 0 Å². The molecule has 1 fully saturated rings. The molecular weight excluding hydrogens is 340 g/mol. The third-order valence-corrected chi connectivity index (χ3v) is 4.52. The molecule has 3 rings (SSSR count). The number of amides is 1. The smallest absolute Gasteiger partial charge is 0.269 e. The summed E-state index contributed by atoms with van der Waals surface area (Å²) in [6.07, 6.45) is 2.31. The highest BCUT2D eigenvalue weighted by molar-refractivity contribution is 5.96. The molecule has 0 radical (unpaired) electrons. The van der Waals surface area contributed by atoms with Gasteiger partial charge in [0.1, 0.15) is 5.69 Å². The lowest BCUT2D eigenvalue weighted by Gasteiger charge is -2.10. The summed E-state index contributed by atoms with van der Waals surface area (Å²) in [5.74, 6) is 0.785. The number of aromatic nitrogens is 2. The number of hydrogen-bond donors (Lipinski definition) is 1. The number of rotatable bonds is 6. The maximum atomic E-state index is 12.5. The minimum atomic E-state index is -0.180. The first-order chi connectivity index (χ1) is 13.0. The first-order valence-electron chi connectivity index (χ1n) is 9.16. The number of ether oxygens (including phenoxy) is 1. The van der Waals surface area contributed by atoms with E-state index in [-0.39, 0.29) is 12.5 Å². The molecule has 1 aliphatic carbocycles. The monoisotopic (exact) mass is 366 g/mol. The summed E-state index contributed by atoms with van der Waals surface area (Å²) in [6, 6.07) is 11.8. The Morgan fingerprint density at radius 2 is 2.00 bits per heavy atom. The Morgan fingerprint density at radius 1 is 1.30 bits per heavy atom. The van der Waals surface area contributed by atoms with Gasteiger partial charge in [-0.1, -0.05) is 30.3 Å². The van der Waals surface area contributed by atoms with Gasteiger partial charge in [-0.3, -0.25) is 9.48 Å². The van der Waals surface area contributed by atoms with E-state index in [4.69, 9.17) is 4.74 Å². The largest absolute Gasteiger partial charge is 0.483 e. The van der Waals surface area contributed by atoms with Crippen molar-refractivity contribution in [3.63, 3.8) is 0 Å². The molecule has 6 heteroatoms. The Kier molecular flexibility index (Phi) is 5.74. The topological polar surface area (TPSA) is 68.5 Å². The molecule has 1 aromatic carbocycles. The van der Waals surface area contributed by atoms with Crippen molar-refractivity contribution in [2.45, 2.75) is 32.6 Å². The van der Waals surface area contributed by atoms with Gasteiger partial charge in [-0.15, -0.1) is 0 Å². The van der Waals surface area contributed by atoms with Crippen molar-refractivity contribution < 1.29 is 9.53 Å². The SMILES string of the molecule is COC(CNC(=O)c1cc(C2CC2)nn1C)=NC(=C(C)C)c1ccccc1. The maximum Gasteiger partial charge on any atom is 0.269 e. The summed E-state index contributed by atoms with van der Waals surface area (Å²) in [4.78, 5) is 17.2. The van der Waals surface area contributed by atoms with Crippen LogP contribution in [0.1, 0.15) is 54.4 Å².